The van der Waals surface area contributed by atoms with Crippen molar-refractivity contribution in [3.8, 4) is 0 Å². The Morgan fingerprint density at radius 3 is 2.23 bits per heavy atom. The van der Waals surface area contributed by atoms with Crippen LogP contribution in [-0.4, -0.2) is 17.0 Å². The van der Waals surface area contributed by atoms with Gasteiger partial charge in [0.2, 0.25) is 0 Å². The summed E-state index contributed by atoms with van der Waals surface area (Å²) in [5.74, 6) is 0.116. The summed E-state index contributed by atoms with van der Waals surface area (Å²) < 4.78 is 2.29. The highest BCUT2D eigenvalue weighted by Gasteiger charge is 2.32. The average molecular weight is 395 g/mol. The second kappa shape index (κ2) is 7.49. The monoisotopic (exact) mass is 394 g/mol. The molecule has 0 bridgehead atoms. The van der Waals surface area contributed by atoms with E-state index in [1.807, 2.05) is 41.3 Å². The summed E-state index contributed by atoms with van der Waals surface area (Å²) in [6.45, 7) is 5.85. The minimum atomic E-state index is 0.116. The lowest BCUT2D eigenvalue weighted by molar-refractivity contribution is 0.0972. The van der Waals surface area contributed by atoms with Gasteiger partial charge >= 0.3 is 0 Å². The summed E-state index contributed by atoms with van der Waals surface area (Å²) in [6, 6.07) is 24.9. The predicted octanol–water partition coefficient (Wildman–Crippen LogP) is 5.70. The topological polar surface area (TPSA) is 25.2 Å². The van der Waals surface area contributed by atoms with Gasteiger partial charge in [0.1, 0.15) is 5.69 Å². The molecule has 0 aliphatic carbocycles. The molecule has 30 heavy (non-hydrogen) atoms. The van der Waals surface area contributed by atoms with Crippen LogP contribution in [0.1, 0.15) is 32.7 Å². The van der Waals surface area contributed by atoms with Gasteiger partial charge in [-0.25, -0.2) is 0 Å². The molecular formula is C27H26N2O. The Labute approximate surface area is 177 Å². The first-order valence-corrected chi connectivity index (χ1v) is 10.7. The number of para-hydroxylation sites is 1. The Bertz CT molecular complexity index is 1220. The van der Waals surface area contributed by atoms with Crippen molar-refractivity contribution in [1.29, 1.82) is 0 Å². The van der Waals surface area contributed by atoms with Gasteiger partial charge in [0.15, 0.2) is 0 Å². The van der Waals surface area contributed by atoms with Gasteiger partial charge in [-0.05, 0) is 61.1 Å². The van der Waals surface area contributed by atoms with E-state index < -0.39 is 0 Å². The number of aryl methyl sites for hydroxylation is 4. The zero-order valence-corrected chi connectivity index (χ0v) is 17.6. The van der Waals surface area contributed by atoms with E-state index >= 15 is 0 Å². The van der Waals surface area contributed by atoms with Crippen LogP contribution < -0.4 is 4.90 Å². The van der Waals surface area contributed by atoms with Crippen molar-refractivity contribution in [3.63, 3.8) is 0 Å². The maximum atomic E-state index is 13.7. The normalized spacial score (nSPS) is 13.7. The molecule has 1 aliphatic rings. The number of nitrogens with zero attached hydrogens (tertiary/aromatic N) is 2. The van der Waals surface area contributed by atoms with E-state index in [-0.39, 0.29) is 5.91 Å². The first kappa shape index (κ1) is 18.7. The number of hydrogen-bond acceptors (Lipinski definition) is 1. The van der Waals surface area contributed by atoms with Crippen LogP contribution >= 0.6 is 0 Å². The minimum Gasteiger partial charge on any atom is -0.336 e. The van der Waals surface area contributed by atoms with Crippen LogP contribution in [-0.2, 0) is 19.4 Å². The predicted molar refractivity (Wildman–Crippen MR) is 123 cm³/mol. The number of benzene rings is 3. The van der Waals surface area contributed by atoms with Crippen LogP contribution in [0.25, 0.3) is 10.9 Å². The van der Waals surface area contributed by atoms with E-state index in [1.54, 1.807) is 0 Å². The number of aromatic nitrogens is 1. The molecule has 0 atom stereocenters. The molecule has 0 radical (unpaired) electrons. The fourth-order valence-corrected chi connectivity index (χ4v) is 4.82. The molecule has 0 N–H and O–H groups in total. The number of rotatable bonds is 4. The number of fused-ring (bicyclic) bond motifs is 3. The highest BCUT2D eigenvalue weighted by Crippen LogP contribution is 2.36. The zero-order valence-electron chi connectivity index (χ0n) is 17.6. The quantitative estimate of drug-likeness (QED) is 0.436. The molecule has 150 valence electrons. The summed E-state index contributed by atoms with van der Waals surface area (Å²) in [5, 5.41) is 1.28. The summed E-state index contributed by atoms with van der Waals surface area (Å²) in [5.41, 5.74) is 8.07. The second-order valence-electron chi connectivity index (χ2n) is 8.18. The van der Waals surface area contributed by atoms with Gasteiger partial charge in [0.05, 0.1) is 5.52 Å². The SMILES string of the molecule is Cc1ccc(C)c2c1c1c(n2CCc2ccccc2)C(=O)N(c2ccccc2)CC1. The average Bonchev–Trinajstić information content (AvgIpc) is 3.13. The van der Waals surface area contributed by atoms with Crippen molar-refractivity contribution in [2.24, 2.45) is 0 Å². The lowest BCUT2D eigenvalue weighted by Crippen LogP contribution is -2.38. The lowest BCUT2D eigenvalue weighted by atomic mass is 9.98. The Kier molecular flexibility index (Phi) is 4.66. The van der Waals surface area contributed by atoms with Crippen LogP contribution in [0, 0.1) is 13.8 Å². The van der Waals surface area contributed by atoms with Gasteiger partial charge in [-0.3, -0.25) is 4.79 Å². The van der Waals surface area contributed by atoms with Crippen LogP contribution in [0.3, 0.4) is 0 Å². The van der Waals surface area contributed by atoms with E-state index in [9.17, 15) is 4.79 Å². The molecule has 0 saturated carbocycles. The Balaban J connectivity index is 1.66. The Hall–Kier alpha value is -3.33. The van der Waals surface area contributed by atoms with Gasteiger partial charge in [-0.15, -0.1) is 0 Å². The molecule has 0 saturated heterocycles. The fourth-order valence-electron chi connectivity index (χ4n) is 4.82. The molecule has 4 aromatic rings. The number of carbonyl (C=O) groups excluding carboxylic acids is 1. The van der Waals surface area contributed by atoms with E-state index in [4.69, 9.17) is 0 Å². The molecule has 3 heteroatoms. The third kappa shape index (κ3) is 3.02. The van der Waals surface area contributed by atoms with Crippen LogP contribution in [0.15, 0.2) is 72.8 Å². The standard InChI is InChI=1S/C27H26N2O/c1-19-13-14-20(2)25-24(19)23-16-18-28(22-11-7-4-8-12-22)27(30)26(23)29(25)17-15-21-9-5-3-6-10-21/h3-14H,15-18H2,1-2H3. The molecular weight excluding hydrogens is 368 g/mol. The minimum absolute atomic E-state index is 0.116. The maximum Gasteiger partial charge on any atom is 0.275 e. The van der Waals surface area contributed by atoms with E-state index in [0.29, 0.717) is 0 Å². The van der Waals surface area contributed by atoms with Crippen LogP contribution in [0.4, 0.5) is 5.69 Å². The molecule has 1 aliphatic heterocycles. The van der Waals surface area contributed by atoms with Crippen molar-refractivity contribution in [2.45, 2.75) is 33.2 Å². The Morgan fingerprint density at radius 2 is 1.50 bits per heavy atom. The van der Waals surface area contributed by atoms with Gasteiger partial charge in [0.25, 0.3) is 5.91 Å². The smallest absolute Gasteiger partial charge is 0.275 e. The highest BCUT2D eigenvalue weighted by atomic mass is 16.2. The van der Waals surface area contributed by atoms with E-state index in [0.717, 1.165) is 37.3 Å². The molecule has 0 unspecified atom stereocenters. The first-order valence-electron chi connectivity index (χ1n) is 10.7. The molecule has 1 amide bonds. The summed E-state index contributed by atoms with van der Waals surface area (Å²) in [4.78, 5) is 15.7. The van der Waals surface area contributed by atoms with Crippen molar-refractivity contribution in [1.82, 2.24) is 4.57 Å². The second-order valence-corrected chi connectivity index (χ2v) is 8.18. The van der Waals surface area contributed by atoms with Crippen molar-refractivity contribution < 1.29 is 4.79 Å². The number of hydrogen-bond donors (Lipinski definition) is 0. The van der Waals surface area contributed by atoms with E-state index in [2.05, 4.69) is 54.8 Å². The maximum absolute atomic E-state index is 13.7. The Morgan fingerprint density at radius 1 is 0.833 bits per heavy atom. The molecule has 5 rings (SSSR count). The molecule has 1 aromatic heterocycles. The van der Waals surface area contributed by atoms with Crippen molar-refractivity contribution in [2.75, 3.05) is 11.4 Å². The summed E-state index contributed by atoms with van der Waals surface area (Å²) in [7, 11) is 0. The van der Waals surface area contributed by atoms with Gasteiger partial charge in [0, 0.05) is 24.2 Å². The molecule has 3 aromatic carbocycles. The van der Waals surface area contributed by atoms with Crippen LogP contribution in [0.5, 0.6) is 0 Å². The third-order valence-corrected chi connectivity index (χ3v) is 6.28. The number of carbonyl (C=O) groups is 1. The molecule has 0 fully saturated rings. The fraction of sp³-hybridized carbons (Fsp3) is 0.222. The molecule has 2 heterocycles. The largest absolute Gasteiger partial charge is 0.336 e. The lowest BCUT2D eigenvalue weighted by Gasteiger charge is -2.28. The first-order chi connectivity index (χ1) is 14.6. The molecule has 3 nitrogen and oxygen atoms in total. The summed E-state index contributed by atoms with van der Waals surface area (Å²) >= 11 is 0. The van der Waals surface area contributed by atoms with Gasteiger partial charge in [-0.2, -0.15) is 0 Å². The number of anilines is 1. The third-order valence-electron chi connectivity index (χ3n) is 6.28. The zero-order chi connectivity index (χ0) is 20.7. The van der Waals surface area contributed by atoms with Gasteiger partial charge in [-0.1, -0.05) is 60.7 Å². The highest BCUT2D eigenvalue weighted by molar-refractivity contribution is 6.12. The summed E-state index contributed by atoms with van der Waals surface area (Å²) in [6.07, 6.45) is 1.79. The van der Waals surface area contributed by atoms with Crippen molar-refractivity contribution in [3.05, 3.63) is 101 Å². The molecule has 0 spiro atoms. The number of amides is 1. The van der Waals surface area contributed by atoms with E-state index in [1.165, 1.54) is 33.2 Å². The van der Waals surface area contributed by atoms with Crippen LogP contribution in [0.2, 0.25) is 0 Å². The van der Waals surface area contributed by atoms with Gasteiger partial charge < -0.3 is 9.47 Å². The van der Waals surface area contributed by atoms with Crippen molar-refractivity contribution >= 4 is 22.5 Å².